The van der Waals surface area contributed by atoms with E-state index >= 15 is 0 Å². The molecule has 7 unspecified atom stereocenters. The minimum absolute atomic E-state index is 0.00471. The number of fused-ring (bicyclic) bond motifs is 1. The molecule has 2 aliphatic carbocycles. The normalized spacial score (nSPS) is 39.2. The smallest absolute Gasteiger partial charge is 0.309 e. The summed E-state index contributed by atoms with van der Waals surface area (Å²) in [6.45, 7) is 4.07. The van der Waals surface area contributed by atoms with E-state index in [4.69, 9.17) is 14.4 Å². The van der Waals surface area contributed by atoms with Crippen LogP contribution < -0.4 is 0 Å². The van der Waals surface area contributed by atoms with Crippen LogP contribution in [0.15, 0.2) is 0 Å². The van der Waals surface area contributed by atoms with Crippen molar-refractivity contribution in [2.75, 3.05) is 13.7 Å². The molecule has 0 spiro atoms. The first-order chi connectivity index (χ1) is 10.0. The second kappa shape index (κ2) is 5.57. The first-order valence-electron chi connectivity index (χ1n) is 7.59. The minimum atomic E-state index is -0.285. The number of carbonyl (C=O) groups excluding carboxylic acids is 2. The predicted octanol–water partition coefficient (Wildman–Crippen LogP) is 1.33. The predicted molar refractivity (Wildman–Crippen MR) is 70.8 cm³/mol. The summed E-state index contributed by atoms with van der Waals surface area (Å²) >= 11 is 0. The fourth-order valence-electron chi connectivity index (χ4n) is 3.86. The van der Waals surface area contributed by atoms with Gasteiger partial charge in [-0.2, -0.15) is 0 Å². The van der Waals surface area contributed by atoms with Gasteiger partial charge in [0.15, 0.2) is 0 Å². The Balaban J connectivity index is 1.57. The van der Waals surface area contributed by atoms with Crippen LogP contribution in [0.5, 0.6) is 0 Å². The fraction of sp³-hybridized carbons (Fsp3) is 0.867. The summed E-state index contributed by atoms with van der Waals surface area (Å²) in [5.74, 6) is -0.0771. The van der Waals surface area contributed by atoms with Crippen LogP contribution in [-0.4, -0.2) is 37.9 Å². The maximum Gasteiger partial charge on any atom is 0.309 e. The van der Waals surface area contributed by atoms with Crippen LogP contribution in [-0.2, 0) is 28.8 Å². The van der Waals surface area contributed by atoms with Crippen molar-refractivity contribution >= 4 is 11.9 Å². The molecule has 0 aromatic rings. The Morgan fingerprint density at radius 3 is 2.86 bits per heavy atom. The molecule has 0 aromatic heterocycles. The van der Waals surface area contributed by atoms with Crippen LogP contribution in [0, 0.1) is 29.6 Å². The number of carbonyl (C=O) groups is 2. The van der Waals surface area contributed by atoms with E-state index in [0.29, 0.717) is 6.61 Å². The molecule has 0 aromatic carbocycles. The highest BCUT2D eigenvalue weighted by Gasteiger charge is 2.63. The number of ether oxygens (including phenoxy) is 2. The molecular weight excluding hydrogens is 276 g/mol. The molecule has 2 bridgehead atoms. The van der Waals surface area contributed by atoms with E-state index in [0.717, 1.165) is 12.8 Å². The summed E-state index contributed by atoms with van der Waals surface area (Å²) in [6, 6.07) is 0. The van der Waals surface area contributed by atoms with Crippen LogP contribution in [0.3, 0.4) is 0 Å². The Morgan fingerprint density at radius 1 is 1.38 bits per heavy atom. The average Bonchev–Trinajstić information content (AvgIpc) is 3.08. The summed E-state index contributed by atoms with van der Waals surface area (Å²) in [5, 5.41) is 0. The van der Waals surface area contributed by atoms with Crippen molar-refractivity contribution in [3.63, 3.8) is 0 Å². The van der Waals surface area contributed by atoms with Gasteiger partial charge in [0.05, 0.1) is 25.6 Å². The van der Waals surface area contributed by atoms with Crippen molar-refractivity contribution in [1.82, 2.24) is 0 Å². The van der Waals surface area contributed by atoms with Crippen molar-refractivity contribution in [3.05, 3.63) is 0 Å². The molecule has 2 saturated carbocycles. The number of rotatable bonds is 6. The third-order valence-electron chi connectivity index (χ3n) is 5.34. The molecule has 118 valence electrons. The van der Waals surface area contributed by atoms with E-state index in [-0.39, 0.29) is 53.7 Å². The van der Waals surface area contributed by atoms with Crippen LogP contribution >= 0.6 is 0 Å². The number of hydrogen-bond acceptors (Lipinski definition) is 6. The summed E-state index contributed by atoms with van der Waals surface area (Å²) < 4.78 is 11.1. The summed E-state index contributed by atoms with van der Waals surface area (Å²) in [5.41, 5.74) is 0. The van der Waals surface area contributed by atoms with Gasteiger partial charge in [-0.25, -0.2) is 9.78 Å². The monoisotopic (exact) mass is 298 g/mol. The van der Waals surface area contributed by atoms with Gasteiger partial charge in [-0.3, -0.25) is 9.59 Å². The topological polar surface area (TPSA) is 71.1 Å². The van der Waals surface area contributed by atoms with E-state index < -0.39 is 0 Å². The third kappa shape index (κ3) is 2.44. The molecule has 0 amide bonds. The SMILES string of the molecule is COOCC(C)C(C)C(=O)OC1C2CC3C(=O)OC1C3C2. The highest BCUT2D eigenvalue weighted by atomic mass is 17.2. The van der Waals surface area contributed by atoms with E-state index in [1.807, 2.05) is 13.8 Å². The zero-order valence-electron chi connectivity index (χ0n) is 12.6. The Hall–Kier alpha value is -1.14. The van der Waals surface area contributed by atoms with E-state index in [1.54, 1.807) is 0 Å². The van der Waals surface area contributed by atoms with Gasteiger partial charge in [0, 0.05) is 11.8 Å². The largest absolute Gasteiger partial charge is 0.458 e. The lowest BCUT2D eigenvalue weighted by Crippen LogP contribution is -2.38. The van der Waals surface area contributed by atoms with Crippen molar-refractivity contribution in [2.24, 2.45) is 29.6 Å². The van der Waals surface area contributed by atoms with Gasteiger partial charge < -0.3 is 9.47 Å². The Bertz CT molecular complexity index is 436. The molecule has 6 heteroatoms. The van der Waals surface area contributed by atoms with E-state index in [9.17, 15) is 9.59 Å². The maximum atomic E-state index is 12.3. The van der Waals surface area contributed by atoms with Crippen molar-refractivity contribution < 1.29 is 28.8 Å². The fourth-order valence-corrected chi connectivity index (χ4v) is 3.86. The first-order valence-corrected chi connectivity index (χ1v) is 7.59. The van der Waals surface area contributed by atoms with Crippen LogP contribution in [0.25, 0.3) is 0 Å². The Morgan fingerprint density at radius 2 is 2.14 bits per heavy atom. The van der Waals surface area contributed by atoms with E-state index in [2.05, 4.69) is 4.89 Å². The lowest BCUT2D eigenvalue weighted by Gasteiger charge is -2.27. The molecule has 21 heavy (non-hydrogen) atoms. The number of esters is 2. The highest BCUT2D eigenvalue weighted by Crippen LogP contribution is 2.55. The zero-order valence-corrected chi connectivity index (χ0v) is 12.6. The van der Waals surface area contributed by atoms with Crippen molar-refractivity contribution in [2.45, 2.75) is 38.9 Å². The molecule has 1 saturated heterocycles. The Kier molecular flexibility index (Phi) is 3.92. The van der Waals surface area contributed by atoms with Gasteiger partial charge in [0.25, 0.3) is 0 Å². The zero-order chi connectivity index (χ0) is 15.1. The minimum Gasteiger partial charge on any atom is -0.458 e. The van der Waals surface area contributed by atoms with Gasteiger partial charge in [-0.15, -0.1) is 0 Å². The third-order valence-corrected chi connectivity index (χ3v) is 5.34. The molecule has 1 aliphatic heterocycles. The van der Waals surface area contributed by atoms with Gasteiger partial charge in [-0.1, -0.05) is 13.8 Å². The van der Waals surface area contributed by atoms with Gasteiger partial charge in [0.1, 0.15) is 12.2 Å². The van der Waals surface area contributed by atoms with Gasteiger partial charge in [-0.05, 0) is 18.8 Å². The average molecular weight is 298 g/mol. The second-order valence-electron chi connectivity index (χ2n) is 6.52. The van der Waals surface area contributed by atoms with Gasteiger partial charge in [0.2, 0.25) is 0 Å². The second-order valence-corrected chi connectivity index (χ2v) is 6.52. The van der Waals surface area contributed by atoms with E-state index in [1.165, 1.54) is 7.11 Å². The molecular formula is C15H22O6. The van der Waals surface area contributed by atoms with Crippen molar-refractivity contribution in [1.29, 1.82) is 0 Å². The molecule has 6 nitrogen and oxygen atoms in total. The van der Waals surface area contributed by atoms with Crippen molar-refractivity contribution in [3.8, 4) is 0 Å². The summed E-state index contributed by atoms with van der Waals surface area (Å²) in [4.78, 5) is 33.4. The molecule has 0 N–H and O–H groups in total. The lowest BCUT2D eigenvalue weighted by atomic mass is 9.88. The van der Waals surface area contributed by atoms with Crippen LogP contribution in [0.1, 0.15) is 26.7 Å². The number of hydrogen-bond donors (Lipinski definition) is 0. The molecule has 1 heterocycles. The summed E-state index contributed by atoms with van der Waals surface area (Å²) in [7, 11) is 1.44. The Labute approximate surface area is 124 Å². The lowest BCUT2D eigenvalue weighted by molar-refractivity contribution is -0.281. The molecule has 3 fully saturated rings. The maximum absolute atomic E-state index is 12.3. The molecule has 3 rings (SSSR count). The standard InChI is InChI=1S/C15H22O6/c1-7(6-19-18-3)8(2)14(16)20-12-9-4-10-11(5-9)15(17)21-13(10)12/h7-13H,4-6H2,1-3H3. The molecule has 3 aliphatic rings. The van der Waals surface area contributed by atoms with Crippen LogP contribution in [0.2, 0.25) is 0 Å². The molecule has 0 radical (unpaired) electrons. The highest BCUT2D eigenvalue weighted by molar-refractivity contribution is 5.77. The quantitative estimate of drug-likeness (QED) is 0.418. The summed E-state index contributed by atoms with van der Waals surface area (Å²) in [6.07, 6.45) is 1.26. The van der Waals surface area contributed by atoms with Crippen LogP contribution in [0.4, 0.5) is 0 Å². The van der Waals surface area contributed by atoms with Gasteiger partial charge >= 0.3 is 11.9 Å². The first kappa shape index (κ1) is 14.8. The molecule has 7 atom stereocenters.